The standard InChI is InChI=1S/C24H26FN3OS/c1-16-3-5-18(6-4-16)22-23(28-24(27-22)13-11-17(2)12-14-24)30-15-21(29)26-20-9-7-19(25)8-10-20/h3-10,17H,11-15H2,1-2H3,(H,26,29). The lowest BCUT2D eigenvalue weighted by atomic mass is 9.83. The highest BCUT2D eigenvalue weighted by Gasteiger charge is 2.39. The molecule has 0 atom stereocenters. The largest absolute Gasteiger partial charge is 0.325 e. The average molecular weight is 424 g/mol. The third-order valence-electron chi connectivity index (χ3n) is 5.70. The van der Waals surface area contributed by atoms with Crippen LogP contribution >= 0.6 is 11.8 Å². The maximum atomic E-state index is 13.1. The van der Waals surface area contributed by atoms with Gasteiger partial charge in [0.15, 0.2) is 5.66 Å². The first-order valence-corrected chi connectivity index (χ1v) is 11.4. The first-order valence-electron chi connectivity index (χ1n) is 10.4. The topological polar surface area (TPSA) is 53.8 Å². The molecule has 2 aliphatic rings. The Bertz CT molecular complexity index is 975. The lowest BCUT2D eigenvalue weighted by Crippen LogP contribution is -2.28. The number of carbonyl (C=O) groups excluding carboxylic acids is 1. The van der Waals surface area contributed by atoms with Crippen LogP contribution in [0.25, 0.3) is 0 Å². The van der Waals surface area contributed by atoms with Crippen molar-refractivity contribution in [1.29, 1.82) is 0 Å². The summed E-state index contributed by atoms with van der Waals surface area (Å²) in [7, 11) is 0. The molecule has 30 heavy (non-hydrogen) atoms. The van der Waals surface area contributed by atoms with Crippen molar-refractivity contribution in [3.8, 4) is 0 Å². The monoisotopic (exact) mass is 423 g/mol. The molecule has 1 heterocycles. The summed E-state index contributed by atoms with van der Waals surface area (Å²) in [5.74, 6) is 0.472. The first-order chi connectivity index (χ1) is 14.4. The van der Waals surface area contributed by atoms with Crippen LogP contribution in [0.1, 0.15) is 43.7 Å². The summed E-state index contributed by atoms with van der Waals surface area (Å²) in [6.07, 6.45) is 4.15. The van der Waals surface area contributed by atoms with Crippen molar-refractivity contribution in [3.05, 3.63) is 65.5 Å². The van der Waals surface area contributed by atoms with E-state index in [4.69, 9.17) is 9.98 Å². The molecule has 156 valence electrons. The molecule has 0 unspecified atom stereocenters. The molecule has 4 rings (SSSR count). The van der Waals surface area contributed by atoms with Gasteiger partial charge in [0.25, 0.3) is 0 Å². The number of thioether (sulfide) groups is 1. The number of hydrogen-bond acceptors (Lipinski definition) is 4. The Kier molecular flexibility index (Phi) is 6.04. The lowest BCUT2D eigenvalue weighted by molar-refractivity contribution is -0.113. The van der Waals surface area contributed by atoms with Gasteiger partial charge in [-0.05, 0) is 62.8 Å². The fraction of sp³-hybridized carbons (Fsp3) is 0.375. The van der Waals surface area contributed by atoms with Gasteiger partial charge in [0.2, 0.25) is 5.91 Å². The normalized spacial score (nSPS) is 23.2. The van der Waals surface area contributed by atoms with Gasteiger partial charge in [0, 0.05) is 11.3 Å². The fourth-order valence-corrected chi connectivity index (χ4v) is 4.71. The molecule has 2 aromatic carbocycles. The van der Waals surface area contributed by atoms with Gasteiger partial charge in [-0.15, -0.1) is 0 Å². The Labute approximate surface area is 181 Å². The highest BCUT2D eigenvalue weighted by molar-refractivity contribution is 8.16. The number of carbonyl (C=O) groups is 1. The van der Waals surface area contributed by atoms with Crippen molar-refractivity contribution in [3.63, 3.8) is 0 Å². The van der Waals surface area contributed by atoms with E-state index in [0.717, 1.165) is 42.0 Å². The van der Waals surface area contributed by atoms with Gasteiger partial charge in [-0.1, -0.05) is 48.5 Å². The van der Waals surface area contributed by atoms with Gasteiger partial charge in [-0.2, -0.15) is 0 Å². The summed E-state index contributed by atoms with van der Waals surface area (Å²) in [5, 5.41) is 3.65. The number of nitrogens with zero attached hydrogens (tertiary/aromatic N) is 2. The molecule has 1 N–H and O–H groups in total. The van der Waals surface area contributed by atoms with Crippen LogP contribution in [0.15, 0.2) is 58.5 Å². The van der Waals surface area contributed by atoms with Gasteiger partial charge >= 0.3 is 0 Å². The third-order valence-corrected chi connectivity index (χ3v) is 6.66. The lowest BCUT2D eigenvalue weighted by Gasteiger charge is -2.30. The predicted octanol–water partition coefficient (Wildman–Crippen LogP) is 5.61. The molecule has 1 fully saturated rings. The van der Waals surface area contributed by atoms with Gasteiger partial charge in [0.1, 0.15) is 10.9 Å². The summed E-state index contributed by atoms with van der Waals surface area (Å²) >= 11 is 1.42. The Hall–Kier alpha value is -2.47. The minimum absolute atomic E-state index is 0.143. The minimum Gasteiger partial charge on any atom is -0.325 e. The maximum Gasteiger partial charge on any atom is 0.234 e. The number of nitrogens with one attached hydrogen (secondary N) is 1. The Morgan fingerprint density at radius 3 is 2.43 bits per heavy atom. The van der Waals surface area contributed by atoms with Crippen molar-refractivity contribution in [2.45, 2.75) is 45.2 Å². The molecule has 1 spiro atoms. The second-order valence-corrected chi connectivity index (χ2v) is 9.22. The molecule has 2 aromatic rings. The average Bonchev–Trinajstić information content (AvgIpc) is 3.09. The highest BCUT2D eigenvalue weighted by Crippen LogP contribution is 2.40. The number of halogens is 1. The maximum absolute atomic E-state index is 13.1. The summed E-state index contributed by atoms with van der Waals surface area (Å²) < 4.78 is 13.1. The molecule has 0 bridgehead atoms. The van der Waals surface area contributed by atoms with Crippen molar-refractivity contribution >= 4 is 34.1 Å². The second-order valence-electron chi connectivity index (χ2n) is 8.25. The number of benzene rings is 2. The van der Waals surface area contributed by atoms with Crippen LogP contribution in [-0.2, 0) is 4.79 Å². The number of amides is 1. The van der Waals surface area contributed by atoms with Crippen LogP contribution in [0.4, 0.5) is 10.1 Å². The summed E-state index contributed by atoms with van der Waals surface area (Å²) in [6.45, 7) is 4.35. The molecule has 1 aliphatic heterocycles. The molecular weight excluding hydrogens is 397 g/mol. The van der Waals surface area contributed by atoms with Crippen LogP contribution in [0.3, 0.4) is 0 Å². The molecule has 0 radical (unpaired) electrons. The first kappa shape index (κ1) is 20.8. The number of anilines is 1. The quantitative estimate of drug-likeness (QED) is 0.694. The van der Waals surface area contributed by atoms with Crippen LogP contribution in [-0.4, -0.2) is 28.1 Å². The smallest absolute Gasteiger partial charge is 0.234 e. The van der Waals surface area contributed by atoms with Crippen LogP contribution in [0, 0.1) is 18.7 Å². The van der Waals surface area contributed by atoms with Gasteiger partial charge in [-0.25, -0.2) is 9.38 Å². The number of hydrogen-bond donors (Lipinski definition) is 1. The van der Waals surface area contributed by atoms with Crippen LogP contribution in [0.5, 0.6) is 0 Å². The molecule has 1 amide bonds. The summed E-state index contributed by atoms with van der Waals surface area (Å²) in [4.78, 5) is 22.5. The molecule has 1 aliphatic carbocycles. The van der Waals surface area contributed by atoms with E-state index in [1.165, 1.54) is 29.5 Å². The summed E-state index contributed by atoms with van der Waals surface area (Å²) in [5.41, 5.74) is 3.34. The Morgan fingerprint density at radius 2 is 1.77 bits per heavy atom. The number of rotatable bonds is 4. The fourth-order valence-electron chi connectivity index (χ4n) is 3.84. The Balaban J connectivity index is 1.50. The SMILES string of the molecule is Cc1ccc(C2=NC3(CCC(C)CC3)N=C2SCC(=O)Nc2ccc(F)cc2)cc1. The van der Waals surface area contributed by atoms with E-state index in [2.05, 4.69) is 43.4 Å². The zero-order valence-corrected chi connectivity index (χ0v) is 18.1. The van der Waals surface area contributed by atoms with E-state index in [9.17, 15) is 9.18 Å². The van der Waals surface area contributed by atoms with Crippen molar-refractivity contribution in [2.24, 2.45) is 15.9 Å². The van der Waals surface area contributed by atoms with Gasteiger partial charge < -0.3 is 5.32 Å². The number of aliphatic imine (C=N–C) groups is 2. The summed E-state index contributed by atoms with van der Waals surface area (Å²) in [6, 6.07) is 14.1. The second kappa shape index (κ2) is 8.72. The van der Waals surface area contributed by atoms with Crippen LogP contribution < -0.4 is 5.32 Å². The molecule has 6 heteroatoms. The van der Waals surface area contributed by atoms with E-state index in [-0.39, 0.29) is 23.1 Å². The van der Waals surface area contributed by atoms with Crippen molar-refractivity contribution in [1.82, 2.24) is 0 Å². The van der Waals surface area contributed by atoms with Crippen molar-refractivity contribution in [2.75, 3.05) is 11.1 Å². The molecule has 0 aromatic heterocycles. The molecule has 1 saturated carbocycles. The highest BCUT2D eigenvalue weighted by atomic mass is 32.2. The molecular formula is C24H26FN3OS. The molecule has 0 saturated heterocycles. The molecule has 4 nitrogen and oxygen atoms in total. The van der Waals surface area contributed by atoms with E-state index < -0.39 is 0 Å². The zero-order valence-electron chi connectivity index (χ0n) is 17.3. The Morgan fingerprint density at radius 1 is 1.10 bits per heavy atom. The van der Waals surface area contributed by atoms with E-state index in [0.29, 0.717) is 11.6 Å². The van der Waals surface area contributed by atoms with E-state index in [1.807, 2.05) is 0 Å². The third kappa shape index (κ3) is 4.81. The number of aryl methyl sites for hydroxylation is 1. The van der Waals surface area contributed by atoms with Gasteiger partial charge in [0.05, 0.1) is 11.5 Å². The van der Waals surface area contributed by atoms with E-state index in [1.54, 1.807) is 12.1 Å². The van der Waals surface area contributed by atoms with Gasteiger partial charge in [-0.3, -0.25) is 9.79 Å². The predicted molar refractivity (Wildman–Crippen MR) is 123 cm³/mol. The van der Waals surface area contributed by atoms with Crippen molar-refractivity contribution < 1.29 is 9.18 Å². The zero-order chi connectivity index (χ0) is 21.1. The van der Waals surface area contributed by atoms with E-state index >= 15 is 0 Å². The minimum atomic E-state index is -0.373. The van der Waals surface area contributed by atoms with Crippen LogP contribution in [0.2, 0.25) is 0 Å².